The van der Waals surface area contributed by atoms with E-state index in [4.69, 9.17) is 5.73 Å². The van der Waals surface area contributed by atoms with Gasteiger partial charge >= 0.3 is 6.09 Å². The number of aromatic nitrogens is 2. The van der Waals surface area contributed by atoms with E-state index in [1.807, 2.05) is 45.0 Å². The average molecular weight is 600 g/mol. The monoisotopic (exact) mass is 599 g/mol. The van der Waals surface area contributed by atoms with Gasteiger partial charge in [-0.15, -0.1) is 0 Å². The first-order chi connectivity index (χ1) is 20.9. The van der Waals surface area contributed by atoms with Crippen LogP contribution in [0.5, 0.6) is 0 Å². The molecular formula is C32H37N7O5. The van der Waals surface area contributed by atoms with Gasteiger partial charge in [-0.3, -0.25) is 14.4 Å². The van der Waals surface area contributed by atoms with Crippen molar-refractivity contribution in [3.63, 3.8) is 0 Å². The number of fused-ring (bicyclic) bond motifs is 1. The minimum absolute atomic E-state index is 0.0581. The molecule has 44 heavy (non-hydrogen) atoms. The normalized spacial score (nSPS) is 19.3. The minimum atomic E-state index is -1.04. The molecule has 1 fully saturated rings. The second-order valence-electron chi connectivity index (χ2n) is 12.3. The number of nitrogens with two attached hydrogens (primary N) is 1. The van der Waals surface area contributed by atoms with Gasteiger partial charge < -0.3 is 31.7 Å². The molecule has 0 radical (unpaired) electrons. The van der Waals surface area contributed by atoms with Gasteiger partial charge in [0.1, 0.15) is 0 Å². The van der Waals surface area contributed by atoms with E-state index >= 15 is 0 Å². The van der Waals surface area contributed by atoms with E-state index < -0.39 is 35.4 Å². The first-order valence-corrected chi connectivity index (χ1v) is 14.6. The number of nitrogen functional groups attached to an aromatic ring is 1. The first-order valence-electron chi connectivity index (χ1n) is 14.6. The molecule has 12 heteroatoms. The fourth-order valence-electron chi connectivity index (χ4n) is 6.29. The summed E-state index contributed by atoms with van der Waals surface area (Å²) in [6.07, 6.45) is 2.40. The number of amides is 4. The standard InChI is InChI=1S/C32H37N7O5/c1-32(2,3)26-23(11-12-39(26)31(43)44)38-29(41)20-14-18(24-16-35-27(33)25(36-24)30(42)34-4)13-19(15-20)28(40)37-22-10-9-17-7-5-6-8-21(17)22/h5-8,13-16,22-23,26H,9-12H2,1-4H3,(H2,33,35)(H,34,42)(H,37,40)(H,38,41)(H,43,44)/t22-,23?,26?/m1/s1. The molecule has 2 unspecified atom stereocenters. The summed E-state index contributed by atoms with van der Waals surface area (Å²) in [7, 11) is 1.45. The molecule has 4 amide bonds. The van der Waals surface area contributed by atoms with Crippen molar-refractivity contribution in [2.24, 2.45) is 5.41 Å². The molecule has 1 aliphatic carbocycles. The fourth-order valence-corrected chi connectivity index (χ4v) is 6.29. The molecule has 0 saturated carbocycles. The Hall–Kier alpha value is -5.00. The van der Waals surface area contributed by atoms with Crippen LogP contribution in [0.3, 0.4) is 0 Å². The third kappa shape index (κ3) is 6.05. The number of hydrogen-bond acceptors (Lipinski definition) is 7. The second-order valence-corrected chi connectivity index (χ2v) is 12.3. The Morgan fingerprint density at radius 3 is 2.32 bits per heavy atom. The molecule has 2 aromatic carbocycles. The predicted molar refractivity (Wildman–Crippen MR) is 164 cm³/mol. The number of hydrogen-bond donors (Lipinski definition) is 5. The van der Waals surface area contributed by atoms with E-state index in [-0.39, 0.29) is 40.3 Å². The number of aryl methyl sites for hydroxylation is 1. The Balaban J connectivity index is 1.51. The molecule has 2 heterocycles. The van der Waals surface area contributed by atoms with Crippen LogP contribution < -0.4 is 21.7 Å². The zero-order chi connectivity index (χ0) is 31.8. The van der Waals surface area contributed by atoms with E-state index in [1.165, 1.54) is 29.8 Å². The van der Waals surface area contributed by atoms with Crippen LogP contribution in [-0.4, -0.2) is 69.5 Å². The number of carbonyl (C=O) groups is 4. The van der Waals surface area contributed by atoms with E-state index in [0.717, 1.165) is 18.4 Å². The molecule has 6 N–H and O–H groups in total. The third-order valence-electron chi connectivity index (χ3n) is 8.28. The third-order valence-corrected chi connectivity index (χ3v) is 8.28. The van der Waals surface area contributed by atoms with Crippen LogP contribution in [-0.2, 0) is 6.42 Å². The SMILES string of the molecule is CNC(=O)c1nc(-c2cc(C(=O)NC3CCN(C(=O)O)C3C(C)(C)C)cc(C(=O)N[C@@H]3CCc4ccccc43)c2)cnc1N. The van der Waals surface area contributed by atoms with Gasteiger partial charge in [0.15, 0.2) is 11.5 Å². The van der Waals surface area contributed by atoms with Gasteiger partial charge in [-0.25, -0.2) is 14.8 Å². The van der Waals surface area contributed by atoms with Crippen LogP contribution in [0.4, 0.5) is 10.6 Å². The minimum Gasteiger partial charge on any atom is -0.465 e. The van der Waals surface area contributed by atoms with Crippen LogP contribution in [0.25, 0.3) is 11.3 Å². The van der Waals surface area contributed by atoms with Gasteiger partial charge in [0.05, 0.1) is 30.0 Å². The number of benzene rings is 2. The van der Waals surface area contributed by atoms with Crippen LogP contribution in [0.1, 0.15) is 82.0 Å². The smallest absolute Gasteiger partial charge is 0.407 e. The van der Waals surface area contributed by atoms with Crippen molar-refractivity contribution in [3.8, 4) is 11.3 Å². The zero-order valence-electron chi connectivity index (χ0n) is 25.2. The average Bonchev–Trinajstić information content (AvgIpc) is 3.61. The van der Waals surface area contributed by atoms with Gasteiger partial charge in [-0.05, 0) is 54.0 Å². The van der Waals surface area contributed by atoms with E-state index in [0.29, 0.717) is 18.5 Å². The van der Waals surface area contributed by atoms with Crippen molar-refractivity contribution in [3.05, 3.63) is 76.6 Å². The Morgan fingerprint density at radius 1 is 0.977 bits per heavy atom. The summed E-state index contributed by atoms with van der Waals surface area (Å²) in [4.78, 5) is 61.6. The van der Waals surface area contributed by atoms with Gasteiger partial charge in [0.2, 0.25) is 0 Å². The molecule has 1 aromatic heterocycles. The summed E-state index contributed by atoms with van der Waals surface area (Å²) in [5, 5.41) is 18.4. The summed E-state index contributed by atoms with van der Waals surface area (Å²) in [6, 6.07) is 11.6. The van der Waals surface area contributed by atoms with Crippen LogP contribution in [0.2, 0.25) is 0 Å². The van der Waals surface area contributed by atoms with Crippen LogP contribution in [0.15, 0.2) is 48.7 Å². The van der Waals surface area contributed by atoms with Crippen molar-refractivity contribution in [1.29, 1.82) is 0 Å². The van der Waals surface area contributed by atoms with Crippen molar-refractivity contribution >= 4 is 29.6 Å². The van der Waals surface area contributed by atoms with Crippen molar-refractivity contribution in [1.82, 2.24) is 30.8 Å². The molecule has 2 aliphatic rings. The van der Waals surface area contributed by atoms with E-state index in [2.05, 4.69) is 25.9 Å². The number of carboxylic acid groups (broad SMARTS) is 1. The topological polar surface area (TPSA) is 180 Å². The highest BCUT2D eigenvalue weighted by Gasteiger charge is 2.44. The maximum Gasteiger partial charge on any atom is 0.407 e. The second kappa shape index (κ2) is 11.9. The molecule has 0 spiro atoms. The largest absolute Gasteiger partial charge is 0.465 e. The maximum absolute atomic E-state index is 13.8. The van der Waals surface area contributed by atoms with E-state index in [1.54, 1.807) is 12.1 Å². The predicted octanol–water partition coefficient (Wildman–Crippen LogP) is 3.40. The zero-order valence-corrected chi connectivity index (χ0v) is 25.2. The number of nitrogens with one attached hydrogen (secondary N) is 3. The number of carbonyl (C=O) groups excluding carboxylic acids is 3. The van der Waals surface area contributed by atoms with Crippen molar-refractivity contribution in [2.75, 3.05) is 19.3 Å². The summed E-state index contributed by atoms with van der Waals surface area (Å²) in [6.45, 7) is 6.10. The number of likely N-dealkylation sites (tertiary alicyclic amines) is 1. The van der Waals surface area contributed by atoms with Gasteiger partial charge in [-0.2, -0.15) is 0 Å². The summed E-state index contributed by atoms with van der Waals surface area (Å²) >= 11 is 0. The Kier molecular flexibility index (Phi) is 8.27. The lowest BCUT2D eigenvalue weighted by molar-refractivity contribution is 0.0826. The van der Waals surface area contributed by atoms with Gasteiger partial charge in [-0.1, -0.05) is 45.0 Å². The van der Waals surface area contributed by atoms with Gasteiger partial charge in [0, 0.05) is 30.3 Å². The summed E-state index contributed by atoms with van der Waals surface area (Å²) < 4.78 is 0. The van der Waals surface area contributed by atoms with Gasteiger partial charge in [0.25, 0.3) is 17.7 Å². The molecule has 3 aromatic rings. The molecule has 12 nitrogen and oxygen atoms in total. The lowest BCUT2D eigenvalue weighted by atomic mass is 9.82. The number of anilines is 1. The quantitative estimate of drug-likeness (QED) is 0.286. The molecule has 1 aliphatic heterocycles. The molecule has 5 rings (SSSR count). The first kappa shape index (κ1) is 30.5. The summed E-state index contributed by atoms with van der Waals surface area (Å²) in [5.74, 6) is -1.42. The number of nitrogens with zero attached hydrogens (tertiary/aromatic N) is 3. The van der Waals surface area contributed by atoms with E-state index in [9.17, 15) is 24.3 Å². The number of rotatable bonds is 6. The maximum atomic E-state index is 13.8. The lowest BCUT2D eigenvalue weighted by Gasteiger charge is -2.37. The highest BCUT2D eigenvalue weighted by Crippen LogP contribution is 2.34. The fraction of sp³-hybridized carbons (Fsp3) is 0.375. The van der Waals surface area contributed by atoms with Crippen molar-refractivity contribution in [2.45, 2.75) is 58.2 Å². The highest BCUT2D eigenvalue weighted by atomic mass is 16.4. The lowest BCUT2D eigenvalue weighted by Crippen LogP contribution is -2.52. The van der Waals surface area contributed by atoms with Crippen LogP contribution >= 0.6 is 0 Å². The Labute approximate surface area is 255 Å². The molecular weight excluding hydrogens is 562 g/mol. The molecule has 3 atom stereocenters. The molecule has 0 bridgehead atoms. The Bertz CT molecular complexity index is 1630. The Morgan fingerprint density at radius 2 is 1.66 bits per heavy atom. The van der Waals surface area contributed by atoms with Crippen molar-refractivity contribution < 1.29 is 24.3 Å². The molecule has 230 valence electrons. The highest BCUT2D eigenvalue weighted by molar-refractivity contribution is 6.02. The summed E-state index contributed by atoms with van der Waals surface area (Å²) in [5.41, 5.74) is 8.66. The molecule has 1 saturated heterocycles. The van der Waals surface area contributed by atoms with Crippen LogP contribution in [0, 0.1) is 5.41 Å².